The SMILES string of the molecule is C=Cc1cnc2c(N)cccn12. The summed E-state index contributed by atoms with van der Waals surface area (Å²) in [4.78, 5) is 4.16. The number of hydrogen-bond acceptors (Lipinski definition) is 2. The van der Waals surface area contributed by atoms with Crippen LogP contribution in [-0.2, 0) is 0 Å². The first-order valence-corrected chi connectivity index (χ1v) is 3.67. The van der Waals surface area contributed by atoms with Crippen LogP contribution < -0.4 is 5.73 Å². The fraction of sp³-hybridized carbons (Fsp3) is 0. The first-order valence-electron chi connectivity index (χ1n) is 3.67. The molecule has 0 aliphatic rings. The Morgan fingerprint density at radius 3 is 3.17 bits per heavy atom. The summed E-state index contributed by atoms with van der Waals surface area (Å²) in [6.07, 6.45) is 5.41. The monoisotopic (exact) mass is 159 g/mol. The van der Waals surface area contributed by atoms with Crippen LogP contribution in [0.15, 0.2) is 31.1 Å². The molecule has 0 fully saturated rings. The summed E-state index contributed by atoms with van der Waals surface area (Å²) in [6, 6.07) is 3.71. The average Bonchev–Trinajstić information content (AvgIpc) is 2.49. The maximum Gasteiger partial charge on any atom is 0.160 e. The summed E-state index contributed by atoms with van der Waals surface area (Å²) in [5.41, 5.74) is 8.13. The van der Waals surface area contributed by atoms with Crippen molar-refractivity contribution in [2.24, 2.45) is 0 Å². The molecule has 0 saturated carbocycles. The number of anilines is 1. The van der Waals surface area contributed by atoms with Crippen molar-refractivity contribution in [1.29, 1.82) is 0 Å². The molecule has 0 radical (unpaired) electrons. The smallest absolute Gasteiger partial charge is 0.160 e. The number of nitrogen functional groups attached to an aromatic ring is 1. The van der Waals surface area contributed by atoms with Gasteiger partial charge in [-0.1, -0.05) is 6.58 Å². The van der Waals surface area contributed by atoms with Gasteiger partial charge in [-0.25, -0.2) is 4.98 Å². The molecule has 3 nitrogen and oxygen atoms in total. The predicted molar refractivity (Wildman–Crippen MR) is 49.7 cm³/mol. The van der Waals surface area contributed by atoms with Crippen LogP contribution in [0.2, 0.25) is 0 Å². The van der Waals surface area contributed by atoms with E-state index in [9.17, 15) is 0 Å². The minimum Gasteiger partial charge on any atom is -0.396 e. The molecule has 0 aromatic carbocycles. The lowest BCUT2D eigenvalue weighted by molar-refractivity contribution is 1.17. The maximum atomic E-state index is 5.71. The molecular formula is C9H9N3. The van der Waals surface area contributed by atoms with Gasteiger partial charge in [-0.2, -0.15) is 0 Å². The van der Waals surface area contributed by atoms with Gasteiger partial charge in [-0.3, -0.25) is 4.40 Å². The van der Waals surface area contributed by atoms with Crippen LogP contribution in [0.3, 0.4) is 0 Å². The van der Waals surface area contributed by atoms with E-state index in [4.69, 9.17) is 5.73 Å². The van der Waals surface area contributed by atoms with Crippen LogP contribution >= 0.6 is 0 Å². The van der Waals surface area contributed by atoms with Gasteiger partial charge in [0.1, 0.15) is 0 Å². The van der Waals surface area contributed by atoms with E-state index in [2.05, 4.69) is 11.6 Å². The summed E-state index contributed by atoms with van der Waals surface area (Å²) in [7, 11) is 0. The first kappa shape index (κ1) is 6.91. The number of imidazole rings is 1. The highest BCUT2D eigenvalue weighted by Crippen LogP contribution is 2.13. The molecule has 2 N–H and O–H groups in total. The molecule has 0 aliphatic heterocycles. The lowest BCUT2D eigenvalue weighted by atomic mass is 10.4. The standard InChI is InChI=1S/C9H9N3/c1-2-7-6-11-9-8(10)4-3-5-12(7)9/h2-6H,1,10H2. The second-order valence-electron chi connectivity index (χ2n) is 2.54. The van der Waals surface area contributed by atoms with Crippen LogP contribution in [0.5, 0.6) is 0 Å². The number of hydrogen-bond donors (Lipinski definition) is 1. The zero-order valence-corrected chi connectivity index (χ0v) is 6.57. The number of nitrogens with two attached hydrogens (primary N) is 1. The van der Waals surface area contributed by atoms with Crippen LogP contribution in [-0.4, -0.2) is 9.38 Å². The maximum absolute atomic E-state index is 5.71. The molecule has 3 heteroatoms. The molecule has 0 amide bonds. The van der Waals surface area contributed by atoms with Crippen molar-refractivity contribution in [3.8, 4) is 0 Å². The highest BCUT2D eigenvalue weighted by molar-refractivity contribution is 5.66. The van der Waals surface area contributed by atoms with Crippen molar-refractivity contribution >= 4 is 17.4 Å². The highest BCUT2D eigenvalue weighted by Gasteiger charge is 2.00. The van der Waals surface area contributed by atoms with Crippen molar-refractivity contribution < 1.29 is 0 Å². The summed E-state index contributed by atoms with van der Waals surface area (Å²) >= 11 is 0. The average molecular weight is 159 g/mol. The molecule has 2 rings (SSSR count). The van der Waals surface area contributed by atoms with Crippen molar-refractivity contribution in [1.82, 2.24) is 9.38 Å². The van der Waals surface area contributed by atoms with Gasteiger partial charge in [0.15, 0.2) is 5.65 Å². The summed E-state index contributed by atoms with van der Waals surface area (Å²) < 4.78 is 1.91. The lowest BCUT2D eigenvalue weighted by Crippen LogP contribution is -1.92. The normalized spacial score (nSPS) is 10.3. The Kier molecular flexibility index (Phi) is 1.37. The van der Waals surface area contributed by atoms with Crippen LogP contribution in [0.1, 0.15) is 5.69 Å². The molecular weight excluding hydrogens is 150 g/mol. The van der Waals surface area contributed by atoms with E-state index >= 15 is 0 Å². The molecule has 12 heavy (non-hydrogen) atoms. The zero-order chi connectivity index (χ0) is 8.55. The van der Waals surface area contributed by atoms with Gasteiger partial charge in [0.05, 0.1) is 17.6 Å². The Balaban J connectivity index is 2.88. The Bertz CT molecular complexity index is 428. The molecule has 60 valence electrons. The van der Waals surface area contributed by atoms with E-state index in [1.165, 1.54) is 0 Å². The first-order chi connectivity index (χ1) is 5.83. The van der Waals surface area contributed by atoms with Gasteiger partial charge < -0.3 is 5.73 Å². The summed E-state index contributed by atoms with van der Waals surface area (Å²) in [5.74, 6) is 0. The van der Waals surface area contributed by atoms with Gasteiger partial charge in [0.25, 0.3) is 0 Å². The second-order valence-corrected chi connectivity index (χ2v) is 2.54. The molecule has 2 heterocycles. The zero-order valence-electron chi connectivity index (χ0n) is 6.57. The molecule has 0 atom stereocenters. The van der Waals surface area contributed by atoms with Crippen LogP contribution in [0.25, 0.3) is 11.7 Å². The number of aromatic nitrogens is 2. The van der Waals surface area contributed by atoms with Gasteiger partial charge in [0.2, 0.25) is 0 Å². The second kappa shape index (κ2) is 2.37. The van der Waals surface area contributed by atoms with Gasteiger partial charge in [0, 0.05) is 6.20 Å². The van der Waals surface area contributed by atoms with E-state index in [1.54, 1.807) is 12.3 Å². The molecule has 0 saturated heterocycles. The predicted octanol–water partition coefficient (Wildman–Crippen LogP) is 1.56. The van der Waals surface area contributed by atoms with Gasteiger partial charge >= 0.3 is 0 Å². The third-order valence-electron chi connectivity index (χ3n) is 1.80. The molecule has 0 aliphatic carbocycles. The number of nitrogens with zero attached hydrogens (tertiary/aromatic N) is 2. The van der Waals surface area contributed by atoms with Crippen molar-refractivity contribution in [3.05, 3.63) is 36.8 Å². The number of pyridine rings is 1. The summed E-state index contributed by atoms with van der Waals surface area (Å²) in [6.45, 7) is 3.68. The minimum absolute atomic E-state index is 0.686. The van der Waals surface area contributed by atoms with E-state index in [0.717, 1.165) is 11.3 Å². The highest BCUT2D eigenvalue weighted by atomic mass is 15.0. The minimum atomic E-state index is 0.686. The molecule has 2 aromatic heterocycles. The fourth-order valence-corrected chi connectivity index (χ4v) is 1.20. The van der Waals surface area contributed by atoms with E-state index in [1.807, 2.05) is 22.7 Å². The largest absolute Gasteiger partial charge is 0.396 e. The lowest BCUT2D eigenvalue weighted by Gasteiger charge is -1.97. The van der Waals surface area contributed by atoms with E-state index in [0.29, 0.717) is 5.69 Å². The molecule has 0 spiro atoms. The molecule has 2 aromatic rings. The Labute approximate surface area is 70.1 Å². The van der Waals surface area contributed by atoms with Crippen LogP contribution in [0, 0.1) is 0 Å². The molecule has 0 bridgehead atoms. The number of rotatable bonds is 1. The van der Waals surface area contributed by atoms with Gasteiger partial charge in [-0.15, -0.1) is 0 Å². The van der Waals surface area contributed by atoms with Crippen LogP contribution in [0.4, 0.5) is 5.69 Å². The Morgan fingerprint density at radius 2 is 2.42 bits per heavy atom. The Hall–Kier alpha value is -1.77. The van der Waals surface area contributed by atoms with Crippen molar-refractivity contribution in [2.75, 3.05) is 5.73 Å². The topological polar surface area (TPSA) is 43.3 Å². The molecule has 0 unspecified atom stereocenters. The third-order valence-corrected chi connectivity index (χ3v) is 1.80. The Morgan fingerprint density at radius 1 is 1.58 bits per heavy atom. The number of fused-ring (bicyclic) bond motifs is 1. The quantitative estimate of drug-likeness (QED) is 0.686. The van der Waals surface area contributed by atoms with Crippen molar-refractivity contribution in [3.63, 3.8) is 0 Å². The fourth-order valence-electron chi connectivity index (χ4n) is 1.20. The van der Waals surface area contributed by atoms with E-state index in [-0.39, 0.29) is 0 Å². The van der Waals surface area contributed by atoms with Crippen molar-refractivity contribution in [2.45, 2.75) is 0 Å². The van der Waals surface area contributed by atoms with Gasteiger partial charge in [-0.05, 0) is 18.2 Å². The third kappa shape index (κ3) is 0.797. The summed E-state index contributed by atoms with van der Waals surface area (Å²) in [5, 5.41) is 0. The van der Waals surface area contributed by atoms with E-state index < -0.39 is 0 Å².